The Morgan fingerprint density at radius 3 is 1.65 bits per heavy atom. The predicted octanol–water partition coefficient (Wildman–Crippen LogP) is 11.9. The summed E-state index contributed by atoms with van der Waals surface area (Å²) in [6, 6.07) is 0. The minimum Gasteiger partial charge on any atom is -0.462 e. The van der Waals surface area contributed by atoms with Crippen LogP contribution in [0.5, 0.6) is 0 Å². The molecule has 0 saturated heterocycles. The van der Waals surface area contributed by atoms with Crippen molar-refractivity contribution in [3.05, 3.63) is 85.1 Å². The number of hydrogen-bond acceptors (Lipinski definition) is 9. The van der Waals surface area contributed by atoms with Crippen molar-refractivity contribution in [2.75, 3.05) is 47.5 Å². The fourth-order valence-corrected chi connectivity index (χ4v) is 6.74. The number of ether oxygens (including phenoxy) is 2. The molecule has 0 aliphatic carbocycles. The summed E-state index contributed by atoms with van der Waals surface area (Å²) in [5, 5.41) is 20.2. The Hall–Kier alpha value is -2.89. The molecule has 0 aromatic heterocycles. The number of carbonyl (C=O) groups excluding carboxylic acids is 2. The standard InChI is InChI=1S/C51H88NO10P/c1-6-8-10-11-12-13-14-15-16-17-18-19-20-21-22-23-24-28-31-35-41-51(56)62-49(46-61-63(57,58)60-44-43-52(3,4)5)45-59-50(55)42-36-40-48(54)39-34-30-27-25-26-29-33-38-47(53)37-32-9-7-2/h13-14,16-17,19-20,26-27,29-30,33-34,38-39,47-49,53-54H,6-12,15,18,21-25,28,31-32,35-37,40-46H2,1-5H3/p+1/b14-13-,17-16-,20-19-,29-26-,30-27-,38-33+,39-34+/t47-,48-,49+/m0/s1. The van der Waals surface area contributed by atoms with Gasteiger partial charge in [0.2, 0.25) is 0 Å². The number of phosphoric ester groups is 1. The minimum absolute atomic E-state index is 0.0130. The van der Waals surface area contributed by atoms with Crippen molar-refractivity contribution < 1.29 is 52.3 Å². The molecule has 0 aliphatic heterocycles. The Labute approximate surface area is 383 Å². The smallest absolute Gasteiger partial charge is 0.462 e. The van der Waals surface area contributed by atoms with Crippen molar-refractivity contribution in [2.24, 2.45) is 0 Å². The highest BCUT2D eigenvalue weighted by Crippen LogP contribution is 2.43. The lowest BCUT2D eigenvalue weighted by molar-refractivity contribution is -0.870. The van der Waals surface area contributed by atoms with Crippen LogP contribution in [-0.2, 0) is 32.7 Å². The molecule has 0 heterocycles. The van der Waals surface area contributed by atoms with Gasteiger partial charge in [0.1, 0.15) is 19.8 Å². The van der Waals surface area contributed by atoms with Crippen molar-refractivity contribution >= 4 is 19.8 Å². The van der Waals surface area contributed by atoms with Gasteiger partial charge in [-0.1, -0.05) is 163 Å². The van der Waals surface area contributed by atoms with Crippen molar-refractivity contribution in [3.63, 3.8) is 0 Å². The third-order valence-electron chi connectivity index (χ3n) is 9.86. The largest absolute Gasteiger partial charge is 0.472 e. The monoisotopic (exact) mass is 907 g/mol. The molecule has 1 unspecified atom stereocenters. The first-order valence-electron chi connectivity index (χ1n) is 24.0. The van der Waals surface area contributed by atoms with E-state index in [4.69, 9.17) is 18.5 Å². The minimum atomic E-state index is -4.44. The van der Waals surface area contributed by atoms with E-state index in [0.717, 1.165) is 77.0 Å². The number of phosphoric acid groups is 1. The van der Waals surface area contributed by atoms with Crippen LogP contribution in [-0.4, -0.2) is 97.3 Å². The first-order valence-corrected chi connectivity index (χ1v) is 25.5. The maximum Gasteiger partial charge on any atom is 0.472 e. The SMILES string of the molecule is CCCCCC/C=C\C/C=C\C/C=C\CCCCCCCCC(=O)O[C@H](COC(=O)CCC[C@@H](O)/C=C/C=C\C/C=C\C=C\[C@@H](O)CCCCC)COP(=O)(O)OCC[N+](C)(C)C. The molecule has 0 aliphatic rings. The van der Waals surface area contributed by atoms with Crippen LogP contribution in [0.25, 0.3) is 0 Å². The molecule has 0 radical (unpaired) electrons. The Morgan fingerprint density at radius 2 is 1.06 bits per heavy atom. The number of quaternary nitrogens is 1. The second kappa shape index (κ2) is 41.8. The van der Waals surface area contributed by atoms with Crippen LogP contribution in [0.4, 0.5) is 0 Å². The van der Waals surface area contributed by atoms with Crippen LogP contribution in [0, 0.1) is 0 Å². The van der Waals surface area contributed by atoms with E-state index >= 15 is 0 Å². The van der Waals surface area contributed by atoms with Gasteiger partial charge in [-0.25, -0.2) is 4.57 Å². The van der Waals surface area contributed by atoms with Crippen molar-refractivity contribution in [2.45, 2.75) is 180 Å². The highest BCUT2D eigenvalue weighted by atomic mass is 31.2. The lowest BCUT2D eigenvalue weighted by Gasteiger charge is -2.24. The van der Waals surface area contributed by atoms with E-state index in [-0.39, 0.29) is 26.1 Å². The normalized spacial score (nSPS) is 15.2. The van der Waals surface area contributed by atoms with Crippen LogP contribution < -0.4 is 0 Å². The number of unbranched alkanes of at least 4 members (excludes halogenated alkanes) is 12. The van der Waals surface area contributed by atoms with E-state index in [1.165, 1.54) is 32.1 Å². The first-order chi connectivity index (χ1) is 30.3. The molecule has 0 rings (SSSR count). The van der Waals surface area contributed by atoms with E-state index in [1.807, 2.05) is 51.5 Å². The number of rotatable bonds is 42. The van der Waals surface area contributed by atoms with Crippen LogP contribution in [0.3, 0.4) is 0 Å². The maximum atomic E-state index is 12.7. The summed E-state index contributed by atoms with van der Waals surface area (Å²) in [5.74, 6) is -1.05. The van der Waals surface area contributed by atoms with Gasteiger partial charge in [0, 0.05) is 12.8 Å². The number of esters is 2. The first kappa shape index (κ1) is 60.1. The topological polar surface area (TPSA) is 149 Å². The summed E-state index contributed by atoms with van der Waals surface area (Å²) in [6.07, 6.45) is 47.0. The summed E-state index contributed by atoms with van der Waals surface area (Å²) in [6.45, 7) is 4.01. The zero-order valence-electron chi connectivity index (χ0n) is 40.0. The van der Waals surface area contributed by atoms with E-state index in [2.05, 4.69) is 50.3 Å². The van der Waals surface area contributed by atoms with Crippen LogP contribution >= 0.6 is 7.82 Å². The van der Waals surface area contributed by atoms with E-state index in [1.54, 1.807) is 18.2 Å². The third kappa shape index (κ3) is 45.5. The molecule has 0 fully saturated rings. The molecule has 0 bridgehead atoms. The molecule has 12 heteroatoms. The second-order valence-electron chi connectivity index (χ2n) is 17.2. The van der Waals surface area contributed by atoms with Gasteiger partial charge >= 0.3 is 19.8 Å². The number of nitrogens with zero attached hydrogens (tertiary/aromatic N) is 1. The lowest BCUT2D eigenvalue weighted by atomic mass is 10.1. The molecular weight excluding hydrogens is 818 g/mol. The molecule has 0 saturated carbocycles. The number of likely N-dealkylation sites (N-methyl/N-ethyl adjacent to an activating group) is 1. The van der Waals surface area contributed by atoms with Gasteiger partial charge in [0.05, 0.1) is 40.0 Å². The summed E-state index contributed by atoms with van der Waals surface area (Å²) in [7, 11) is 1.33. The fraction of sp³-hybridized carbons (Fsp3) is 0.686. The molecule has 11 nitrogen and oxygen atoms in total. The molecule has 3 N–H and O–H groups in total. The molecule has 63 heavy (non-hydrogen) atoms. The number of allylic oxidation sites excluding steroid dienone is 12. The molecule has 0 aromatic rings. The molecule has 0 amide bonds. The van der Waals surface area contributed by atoms with Crippen LogP contribution in [0.15, 0.2) is 85.1 Å². The number of aliphatic hydroxyl groups is 2. The Kier molecular flexibility index (Phi) is 39.9. The van der Waals surface area contributed by atoms with E-state index in [9.17, 15) is 29.3 Å². The van der Waals surface area contributed by atoms with Gasteiger partial charge in [0.15, 0.2) is 6.10 Å². The zero-order valence-corrected chi connectivity index (χ0v) is 40.9. The van der Waals surface area contributed by atoms with Crippen molar-refractivity contribution in [1.29, 1.82) is 0 Å². The van der Waals surface area contributed by atoms with Crippen molar-refractivity contribution in [3.8, 4) is 0 Å². The van der Waals surface area contributed by atoms with Gasteiger partial charge in [-0.15, -0.1) is 0 Å². The lowest BCUT2D eigenvalue weighted by Crippen LogP contribution is -2.37. The zero-order chi connectivity index (χ0) is 46.7. The molecule has 362 valence electrons. The number of hydrogen-bond donors (Lipinski definition) is 3. The molecule has 4 atom stereocenters. The maximum absolute atomic E-state index is 12.7. The molecule has 0 aromatic carbocycles. The van der Waals surface area contributed by atoms with Crippen LogP contribution in [0.1, 0.15) is 162 Å². The third-order valence-corrected chi connectivity index (χ3v) is 10.8. The Bertz CT molecular complexity index is 1380. The van der Waals surface area contributed by atoms with Gasteiger partial charge in [-0.3, -0.25) is 18.6 Å². The van der Waals surface area contributed by atoms with Crippen LogP contribution in [0.2, 0.25) is 0 Å². The number of aliphatic hydroxyl groups excluding tert-OH is 2. The van der Waals surface area contributed by atoms with E-state index in [0.29, 0.717) is 36.7 Å². The summed E-state index contributed by atoms with van der Waals surface area (Å²) < 4.78 is 34.2. The van der Waals surface area contributed by atoms with E-state index < -0.39 is 44.7 Å². The quantitative estimate of drug-likeness (QED) is 0.0135. The number of carbonyl (C=O) groups is 2. The highest BCUT2D eigenvalue weighted by Gasteiger charge is 2.27. The summed E-state index contributed by atoms with van der Waals surface area (Å²) in [4.78, 5) is 35.5. The average Bonchev–Trinajstić information content (AvgIpc) is 3.22. The van der Waals surface area contributed by atoms with Gasteiger partial charge in [-0.2, -0.15) is 0 Å². The van der Waals surface area contributed by atoms with Crippen molar-refractivity contribution in [1.82, 2.24) is 0 Å². The predicted molar refractivity (Wildman–Crippen MR) is 259 cm³/mol. The summed E-state index contributed by atoms with van der Waals surface area (Å²) in [5.41, 5.74) is 0. The molecule has 0 spiro atoms. The Balaban J connectivity index is 4.57. The average molecular weight is 907 g/mol. The Morgan fingerprint density at radius 1 is 0.571 bits per heavy atom. The molecular formula is C51H89NO10P+. The van der Waals surface area contributed by atoms with Gasteiger partial charge in [0.25, 0.3) is 0 Å². The van der Waals surface area contributed by atoms with Gasteiger partial charge in [-0.05, 0) is 70.6 Å². The second-order valence-corrected chi connectivity index (χ2v) is 18.6. The van der Waals surface area contributed by atoms with Gasteiger partial charge < -0.3 is 29.1 Å². The fourth-order valence-electron chi connectivity index (χ4n) is 6.00. The summed E-state index contributed by atoms with van der Waals surface area (Å²) >= 11 is 0. The highest BCUT2D eigenvalue weighted by molar-refractivity contribution is 7.47.